The average molecular weight is 307 g/mol. The zero-order chi connectivity index (χ0) is 14.6. The molecule has 1 heterocycles. The van der Waals surface area contributed by atoms with Crippen LogP contribution in [0.3, 0.4) is 0 Å². The van der Waals surface area contributed by atoms with Crippen molar-refractivity contribution >= 4 is 27.3 Å². The minimum Gasteiger partial charge on any atom is -0.480 e. The molecule has 1 aromatic rings. The molecule has 0 atom stereocenters. The summed E-state index contributed by atoms with van der Waals surface area (Å²) in [7, 11) is -0.201. The van der Waals surface area contributed by atoms with Gasteiger partial charge in [-0.2, -0.15) is 4.31 Å². The zero-order valence-corrected chi connectivity index (χ0v) is 12.7. The lowest BCUT2D eigenvalue weighted by Gasteiger charge is -2.21. The molecular formula is C10H17N3O4S2. The van der Waals surface area contributed by atoms with Gasteiger partial charge in [-0.3, -0.25) is 4.79 Å². The Morgan fingerprint density at radius 3 is 2.47 bits per heavy atom. The van der Waals surface area contributed by atoms with Crippen molar-refractivity contribution in [1.82, 2.24) is 14.2 Å². The van der Waals surface area contributed by atoms with E-state index in [-0.39, 0.29) is 10.8 Å². The maximum atomic E-state index is 12.3. The first-order chi connectivity index (χ1) is 8.73. The molecule has 0 radical (unpaired) electrons. The van der Waals surface area contributed by atoms with Crippen molar-refractivity contribution in [2.45, 2.75) is 11.1 Å². The normalized spacial score (nSPS) is 12.3. The number of hydrogen-bond acceptors (Lipinski definition) is 6. The Morgan fingerprint density at radius 2 is 2.05 bits per heavy atom. The first-order valence-corrected chi connectivity index (χ1v) is 7.78. The molecule has 9 heteroatoms. The van der Waals surface area contributed by atoms with Crippen molar-refractivity contribution in [2.75, 3.05) is 33.7 Å². The maximum absolute atomic E-state index is 12.3. The van der Waals surface area contributed by atoms with Crippen LogP contribution < -0.4 is 0 Å². The lowest BCUT2D eigenvalue weighted by molar-refractivity contribution is -0.137. The highest BCUT2D eigenvalue weighted by molar-refractivity contribution is 7.91. The molecule has 19 heavy (non-hydrogen) atoms. The van der Waals surface area contributed by atoms with Gasteiger partial charge in [0.05, 0.1) is 11.2 Å². The molecule has 0 aliphatic rings. The van der Waals surface area contributed by atoms with Crippen LogP contribution in [0.25, 0.3) is 0 Å². The highest BCUT2D eigenvalue weighted by Gasteiger charge is 2.28. The van der Waals surface area contributed by atoms with Crippen LogP contribution >= 0.6 is 11.3 Å². The summed E-state index contributed by atoms with van der Waals surface area (Å²) in [5.41, 5.74) is 0. The SMILES string of the molecule is Cc1ncc(S(=O)(=O)N(CCN(C)C)CC(=O)O)s1. The van der Waals surface area contributed by atoms with E-state index in [4.69, 9.17) is 5.11 Å². The second kappa shape index (κ2) is 6.42. The molecule has 0 aliphatic carbocycles. The summed E-state index contributed by atoms with van der Waals surface area (Å²) in [6.07, 6.45) is 1.26. The molecule has 0 saturated heterocycles. The molecule has 0 saturated carbocycles. The fraction of sp³-hybridized carbons (Fsp3) is 0.600. The van der Waals surface area contributed by atoms with E-state index in [1.165, 1.54) is 6.20 Å². The van der Waals surface area contributed by atoms with Crippen molar-refractivity contribution in [3.05, 3.63) is 11.2 Å². The summed E-state index contributed by atoms with van der Waals surface area (Å²) in [5.74, 6) is -1.18. The van der Waals surface area contributed by atoms with Gasteiger partial charge < -0.3 is 10.0 Å². The molecule has 0 fully saturated rings. The highest BCUT2D eigenvalue weighted by atomic mass is 32.2. The van der Waals surface area contributed by atoms with E-state index in [9.17, 15) is 13.2 Å². The fourth-order valence-electron chi connectivity index (χ4n) is 1.34. The molecule has 108 valence electrons. The third-order valence-corrected chi connectivity index (χ3v) is 5.50. The number of aliphatic carboxylic acids is 1. The molecule has 1 N–H and O–H groups in total. The Labute approximate surface area is 116 Å². The van der Waals surface area contributed by atoms with Crippen LogP contribution in [0.5, 0.6) is 0 Å². The summed E-state index contributed by atoms with van der Waals surface area (Å²) in [5, 5.41) is 9.46. The van der Waals surface area contributed by atoms with Crippen molar-refractivity contribution in [1.29, 1.82) is 0 Å². The van der Waals surface area contributed by atoms with Crippen LogP contribution in [-0.4, -0.2) is 67.4 Å². The molecule has 1 aromatic heterocycles. The van der Waals surface area contributed by atoms with Crippen molar-refractivity contribution in [2.24, 2.45) is 0 Å². The predicted octanol–water partition coefficient (Wildman–Crippen LogP) is 0.0884. The first kappa shape index (κ1) is 16.0. The summed E-state index contributed by atoms with van der Waals surface area (Å²) >= 11 is 1.04. The number of carboxylic acids is 1. The van der Waals surface area contributed by atoms with Crippen LogP contribution in [-0.2, 0) is 14.8 Å². The van der Waals surface area contributed by atoms with Gasteiger partial charge in [-0.05, 0) is 21.0 Å². The average Bonchev–Trinajstić information content (AvgIpc) is 2.70. The number of sulfonamides is 1. The standard InChI is InChI=1S/C10H17N3O4S2/c1-8-11-6-10(18-8)19(16,17)13(7-9(14)15)5-4-12(2)3/h6H,4-5,7H2,1-3H3,(H,14,15). The summed E-state index contributed by atoms with van der Waals surface area (Å²) in [6, 6.07) is 0. The molecule has 0 aromatic carbocycles. The number of carboxylic acid groups (broad SMARTS) is 1. The van der Waals surface area contributed by atoms with Gasteiger partial charge in [0, 0.05) is 13.1 Å². The Kier molecular flexibility index (Phi) is 5.41. The second-order valence-electron chi connectivity index (χ2n) is 4.23. The zero-order valence-electron chi connectivity index (χ0n) is 11.0. The quantitative estimate of drug-likeness (QED) is 0.767. The van der Waals surface area contributed by atoms with E-state index in [1.54, 1.807) is 25.9 Å². The summed E-state index contributed by atoms with van der Waals surface area (Å²) < 4.78 is 25.7. The molecule has 0 unspecified atom stereocenters. The number of hydrogen-bond donors (Lipinski definition) is 1. The Morgan fingerprint density at radius 1 is 1.42 bits per heavy atom. The summed E-state index contributed by atoms with van der Waals surface area (Å²) in [6.45, 7) is 1.72. The Bertz CT molecular complexity index is 539. The lowest BCUT2D eigenvalue weighted by atomic mass is 10.5. The van der Waals surface area contributed by atoms with E-state index < -0.39 is 22.5 Å². The van der Waals surface area contributed by atoms with Gasteiger partial charge in [0.25, 0.3) is 10.0 Å². The predicted molar refractivity (Wildman–Crippen MR) is 71.8 cm³/mol. The lowest BCUT2D eigenvalue weighted by Crippen LogP contribution is -2.39. The first-order valence-electron chi connectivity index (χ1n) is 5.52. The second-order valence-corrected chi connectivity index (χ2v) is 7.63. The number of aryl methyl sites for hydroxylation is 1. The smallest absolute Gasteiger partial charge is 0.318 e. The van der Waals surface area contributed by atoms with E-state index in [0.717, 1.165) is 15.6 Å². The minimum absolute atomic E-state index is 0.0741. The molecule has 0 aliphatic heterocycles. The topological polar surface area (TPSA) is 90.8 Å². The van der Waals surface area contributed by atoms with Crippen LogP contribution in [0.15, 0.2) is 10.4 Å². The molecular weight excluding hydrogens is 290 g/mol. The van der Waals surface area contributed by atoms with Gasteiger partial charge >= 0.3 is 5.97 Å². The minimum atomic E-state index is -3.79. The van der Waals surface area contributed by atoms with Crippen LogP contribution in [0, 0.1) is 6.92 Å². The Balaban J connectivity index is 2.98. The van der Waals surface area contributed by atoms with E-state index in [1.807, 2.05) is 0 Å². The van der Waals surface area contributed by atoms with Gasteiger partial charge in [-0.25, -0.2) is 13.4 Å². The number of nitrogens with zero attached hydrogens (tertiary/aromatic N) is 3. The highest BCUT2D eigenvalue weighted by Crippen LogP contribution is 2.21. The van der Waals surface area contributed by atoms with Crippen LogP contribution in [0.1, 0.15) is 5.01 Å². The largest absolute Gasteiger partial charge is 0.480 e. The third kappa shape index (κ3) is 4.53. The number of rotatable bonds is 7. The number of aromatic nitrogens is 1. The summed E-state index contributed by atoms with van der Waals surface area (Å²) in [4.78, 5) is 16.5. The van der Waals surface area contributed by atoms with E-state index >= 15 is 0 Å². The van der Waals surface area contributed by atoms with Gasteiger partial charge in [-0.15, -0.1) is 11.3 Å². The molecule has 1 rings (SSSR count). The Hall–Kier alpha value is -1.03. The maximum Gasteiger partial charge on any atom is 0.318 e. The van der Waals surface area contributed by atoms with Gasteiger partial charge in [0.1, 0.15) is 6.54 Å². The van der Waals surface area contributed by atoms with Crippen molar-refractivity contribution in [3.63, 3.8) is 0 Å². The van der Waals surface area contributed by atoms with E-state index in [0.29, 0.717) is 11.6 Å². The van der Waals surface area contributed by atoms with Gasteiger partial charge in [-0.1, -0.05) is 0 Å². The molecule has 0 spiro atoms. The molecule has 7 nitrogen and oxygen atoms in total. The van der Waals surface area contributed by atoms with Crippen LogP contribution in [0.4, 0.5) is 0 Å². The molecule has 0 bridgehead atoms. The van der Waals surface area contributed by atoms with Crippen molar-refractivity contribution in [3.8, 4) is 0 Å². The number of carbonyl (C=O) groups is 1. The van der Waals surface area contributed by atoms with E-state index in [2.05, 4.69) is 4.98 Å². The molecule has 0 amide bonds. The number of likely N-dealkylation sites (N-methyl/N-ethyl adjacent to an activating group) is 1. The third-order valence-electron chi connectivity index (χ3n) is 2.30. The monoisotopic (exact) mass is 307 g/mol. The van der Waals surface area contributed by atoms with Crippen molar-refractivity contribution < 1.29 is 18.3 Å². The number of thiazole rings is 1. The van der Waals surface area contributed by atoms with Crippen LogP contribution in [0.2, 0.25) is 0 Å². The van der Waals surface area contributed by atoms with Gasteiger partial charge in [0.2, 0.25) is 0 Å². The fourth-order valence-corrected chi connectivity index (χ4v) is 3.98. The van der Waals surface area contributed by atoms with Gasteiger partial charge in [0.15, 0.2) is 4.21 Å².